The average Bonchev–Trinajstić information content (AvgIpc) is 3.05. The van der Waals surface area contributed by atoms with E-state index < -0.39 is 0 Å². The molecule has 5 heteroatoms. The van der Waals surface area contributed by atoms with E-state index in [2.05, 4.69) is 16.8 Å². The summed E-state index contributed by atoms with van der Waals surface area (Å²) in [5.74, 6) is 0. The van der Waals surface area contributed by atoms with Gasteiger partial charge in [-0.25, -0.2) is 4.98 Å². The summed E-state index contributed by atoms with van der Waals surface area (Å²) >= 11 is 3.69. The zero-order chi connectivity index (χ0) is 11.9. The molecule has 1 fully saturated rings. The molecule has 0 saturated carbocycles. The van der Waals surface area contributed by atoms with Crippen LogP contribution in [0.4, 0.5) is 0 Å². The van der Waals surface area contributed by atoms with Crippen LogP contribution in [0.25, 0.3) is 11.3 Å². The van der Waals surface area contributed by atoms with E-state index in [-0.39, 0.29) is 6.10 Å². The normalized spacial score (nSPS) is 22.6. The van der Waals surface area contributed by atoms with Crippen LogP contribution in [0.2, 0.25) is 0 Å². The fourth-order valence-corrected chi connectivity index (χ4v) is 4.59. The first-order chi connectivity index (χ1) is 8.92. The Balaban J connectivity index is 1.73. The van der Waals surface area contributed by atoms with Crippen LogP contribution in [0.1, 0.15) is 20.9 Å². The largest absolute Gasteiger partial charge is 0.368 e. The highest BCUT2D eigenvalue weighted by Gasteiger charge is 2.26. The zero-order valence-corrected chi connectivity index (χ0v) is 11.6. The molecule has 2 aliphatic rings. The van der Waals surface area contributed by atoms with Gasteiger partial charge in [-0.05, 0) is 24.3 Å². The number of fused-ring (bicyclic) bond motifs is 3. The van der Waals surface area contributed by atoms with Crippen molar-refractivity contribution < 1.29 is 4.74 Å². The van der Waals surface area contributed by atoms with Gasteiger partial charge in [0.15, 0.2) is 0 Å². The van der Waals surface area contributed by atoms with Crippen LogP contribution >= 0.6 is 22.7 Å². The number of hydrogen-bond donors (Lipinski definition) is 1. The van der Waals surface area contributed by atoms with Gasteiger partial charge in [0, 0.05) is 28.4 Å². The standard InChI is InChI=1S/C13H14N2OS2/c1-2-11-12(8-3-6-17-10(1)8)15-13(18-11)9-7-14-4-5-16-9/h3,6,9,14H,1-2,4-5,7H2. The van der Waals surface area contributed by atoms with Crippen LogP contribution in [-0.4, -0.2) is 24.7 Å². The molecule has 0 aromatic carbocycles. The lowest BCUT2D eigenvalue weighted by Crippen LogP contribution is -2.33. The van der Waals surface area contributed by atoms with Crippen LogP contribution in [0, 0.1) is 0 Å². The number of morpholine rings is 1. The molecule has 0 radical (unpaired) electrons. The minimum absolute atomic E-state index is 0.149. The molecule has 1 aliphatic carbocycles. The van der Waals surface area contributed by atoms with Gasteiger partial charge in [0.25, 0.3) is 0 Å². The van der Waals surface area contributed by atoms with E-state index in [4.69, 9.17) is 9.72 Å². The monoisotopic (exact) mass is 278 g/mol. The minimum Gasteiger partial charge on any atom is -0.368 e. The summed E-state index contributed by atoms with van der Waals surface area (Å²) in [6.45, 7) is 2.64. The van der Waals surface area contributed by atoms with Gasteiger partial charge in [0.05, 0.1) is 12.3 Å². The second-order valence-corrected chi connectivity index (χ2v) is 6.76. The van der Waals surface area contributed by atoms with E-state index in [1.165, 1.54) is 27.4 Å². The Labute approximate surface area is 114 Å². The predicted octanol–water partition coefficient (Wildman–Crippen LogP) is 2.63. The number of rotatable bonds is 1. The van der Waals surface area contributed by atoms with Crippen molar-refractivity contribution in [2.45, 2.75) is 18.9 Å². The number of aromatic nitrogens is 1. The lowest BCUT2D eigenvalue weighted by Gasteiger charge is -2.21. The summed E-state index contributed by atoms with van der Waals surface area (Å²) in [6.07, 6.45) is 2.46. The molecule has 1 aliphatic heterocycles. The Morgan fingerprint density at radius 3 is 3.17 bits per heavy atom. The number of thiazole rings is 1. The molecule has 0 amide bonds. The SMILES string of the molecule is c1cc2c(s1)CCc1sc(C3CNCCO3)nc1-2. The summed E-state index contributed by atoms with van der Waals surface area (Å²) in [5.41, 5.74) is 2.57. The van der Waals surface area contributed by atoms with Crippen molar-refractivity contribution in [3.05, 3.63) is 26.2 Å². The zero-order valence-electron chi connectivity index (χ0n) is 9.94. The van der Waals surface area contributed by atoms with Crippen LogP contribution in [0.15, 0.2) is 11.4 Å². The number of nitrogens with zero attached hydrogens (tertiary/aromatic N) is 1. The molecule has 2 aromatic heterocycles. The average molecular weight is 278 g/mol. The molecule has 4 rings (SSSR count). The van der Waals surface area contributed by atoms with Gasteiger partial charge in [-0.1, -0.05) is 0 Å². The lowest BCUT2D eigenvalue weighted by molar-refractivity contribution is 0.0276. The van der Waals surface area contributed by atoms with Crippen molar-refractivity contribution in [2.75, 3.05) is 19.7 Å². The minimum atomic E-state index is 0.149. The smallest absolute Gasteiger partial charge is 0.124 e. The third kappa shape index (κ3) is 1.73. The number of hydrogen-bond acceptors (Lipinski definition) is 5. The second-order valence-electron chi connectivity index (χ2n) is 4.64. The summed E-state index contributed by atoms with van der Waals surface area (Å²) in [4.78, 5) is 7.77. The summed E-state index contributed by atoms with van der Waals surface area (Å²) in [7, 11) is 0. The third-order valence-electron chi connectivity index (χ3n) is 3.50. The van der Waals surface area contributed by atoms with Crippen molar-refractivity contribution in [1.29, 1.82) is 0 Å². The first-order valence-corrected chi connectivity index (χ1v) is 8.00. The highest BCUT2D eigenvalue weighted by Crippen LogP contribution is 2.40. The van der Waals surface area contributed by atoms with E-state index in [1.54, 1.807) is 0 Å². The molecule has 1 atom stereocenters. The van der Waals surface area contributed by atoms with Crippen molar-refractivity contribution in [1.82, 2.24) is 10.3 Å². The first-order valence-electron chi connectivity index (χ1n) is 6.30. The number of thiophene rings is 1. The van der Waals surface area contributed by atoms with Crippen molar-refractivity contribution in [2.24, 2.45) is 0 Å². The molecule has 1 saturated heterocycles. The number of ether oxygens (including phenoxy) is 1. The van der Waals surface area contributed by atoms with Crippen LogP contribution in [0.3, 0.4) is 0 Å². The van der Waals surface area contributed by atoms with Crippen molar-refractivity contribution in [3.63, 3.8) is 0 Å². The maximum absolute atomic E-state index is 5.80. The van der Waals surface area contributed by atoms with Gasteiger partial charge < -0.3 is 10.1 Å². The molecule has 3 heterocycles. The Bertz CT molecular complexity index is 569. The molecule has 18 heavy (non-hydrogen) atoms. The Morgan fingerprint density at radius 1 is 1.33 bits per heavy atom. The van der Waals surface area contributed by atoms with E-state index in [1.807, 2.05) is 22.7 Å². The Morgan fingerprint density at radius 2 is 2.28 bits per heavy atom. The van der Waals surface area contributed by atoms with Crippen LogP contribution < -0.4 is 5.32 Å². The molecule has 3 nitrogen and oxygen atoms in total. The maximum Gasteiger partial charge on any atom is 0.124 e. The summed E-state index contributed by atoms with van der Waals surface area (Å²) in [5, 5.41) is 6.69. The second kappa shape index (κ2) is 4.42. The highest BCUT2D eigenvalue weighted by atomic mass is 32.1. The van der Waals surface area contributed by atoms with Crippen molar-refractivity contribution >= 4 is 22.7 Å². The Kier molecular flexibility index (Phi) is 2.73. The predicted molar refractivity (Wildman–Crippen MR) is 74.4 cm³/mol. The molecule has 1 N–H and O–H groups in total. The van der Waals surface area contributed by atoms with Gasteiger partial charge in [-0.3, -0.25) is 0 Å². The fourth-order valence-electron chi connectivity index (χ4n) is 2.58. The van der Waals surface area contributed by atoms with E-state index in [0.717, 1.165) is 31.1 Å². The molecule has 0 bridgehead atoms. The lowest BCUT2D eigenvalue weighted by atomic mass is 10.0. The molecular weight excluding hydrogens is 264 g/mol. The van der Waals surface area contributed by atoms with Crippen LogP contribution in [-0.2, 0) is 17.6 Å². The van der Waals surface area contributed by atoms with Gasteiger partial charge in [-0.15, -0.1) is 22.7 Å². The molecular formula is C13H14N2OS2. The Hall–Kier alpha value is -0.750. The van der Waals surface area contributed by atoms with Gasteiger partial charge in [-0.2, -0.15) is 0 Å². The van der Waals surface area contributed by atoms with E-state index in [9.17, 15) is 0 Å². The van der Waals surface area contributed by atoms with E-state index >= 15 is 0 Å². The van der Waals surface area contributed by atoms with Gasteiger partial charge in [0.1, 0.15) is 11.1 Å². The third-order valence-corrected chi connectivity index (χ3v) is 5.68. The molecule has 0 spiro atoms. The first kappa shape index (κ1) is 11.1. The fraction of sp³-hybridized carbons (Fsp3) is 0.462. The molecule has 1 unspecified atom stereocenters. The van der Waals surface area contributed by atoms with Gasteiger partial charge in [0.2, 0.25) is 0 Å². The van der Waals surface area contributed by atoms with Crippen molar-refractivity contribution in [3.8, 4) is 11.3 Å². The van der Waals surface area contributed by atoms with Crippen LogP contribution in [0.5, 0.6) is 0 Å². The summed E-state index contributed by atoms with van der Waals surface area (Å²) in [6, 6.07) is 2.21. The summed E-state index contributed by atoms with van der Waals surface area (Å²) < 4.78 is 5.80. The van der Waals surface area contributed by atoms with Gasteiger partial charge >= 0.3 is 0 Å². The van der Waals surface area contributed by atoms with E-state index in [0.29, 0.717) is 0 Å². The maximum atomic E-state index is 5.80. The quantitative estimate of drug-likeness (QED) is 0.871. The molecule has 2 aromatic rings. The highest BCUT2D eigenvalue weighted by molar-refractivity contribution is 7.12. The number of nitrogens with one attached hydrogen (secondary N) is 1. The molecule has 94 valence electrons. The topological polar surface area (TPSA) is 34.1 Å². The number of aryl methyl sites for hydroxylation is 2.